The van der Waals surface area contributed by atoms with Crippen LogP contribution in [0.2, 0.25) is 10.0 Å². The van der Waals surface area contributed by atoms with Crippen molar-refractivity contribution >= 4 is 28.9 Å². The van der Waals surface area contributed by atoms with Gasteiger partial charge in [0.15, 0.2) is 0 Å². The van der Waals surface area contributed by atoms with E-state index in [-0.39, 0.29) is 6.61 Å². The number of rotatable bonds is 4. The minimum Gasteiger partial charge on any atom is -0.462 e. The van der Waals surface area contributed by atoms with Crippen molar-refractivity contribution in [3.63, 3.8) is 0 Å². The number of anilines is 1. The molecule has 90 valence electrons. The molecular formula is C12H11Cl2NO2. The first-order valence-electron chi connectivity index (χ1n) is 5.06. The van der Waals surface area contributed by atoms with Crippen molar-refractivity contribution in [2.45, 2.75) is 13.2 Å². The van der Waals surface area contributed by atoms with E-state index in [1.54, 1.807) is 30.3 Å². The molecule has 1 aromatic carbocycles. The van der Waals surface area contributed by atoms with E-state index in [4.69, 9.17) is 32.7 Å². The smallest absolute Gasteiger partial charge is 0.129 e. The zero-order chi connectivity index (χ0) is 12.3. The van der Waals surface area contributed by atoms with Crippen LogP contribution in [0.15, 0.2) is 34.7 Å². The maximum atomic E-state index is 8.86. The summed E-state index contributed by atoms with van der Waals surface area (Å²) >= 11 is 11.9. The monoisotopic (exact) mass is 271 g/mol. The van der Waals surface area contributed by atoms with Crippen LogP contribution < -0.4 is 5.32 Å². The lowest BCUT2D eigenvalue weighted by atomic mass is 10.3. The third kappa shape index (κ3) is 3.16. The first kappa shape index (κ1) is 12.3. The minimum atomic E-state index is -0.0993. The quantitative estimate of drug-likeness (QED) is 0.892. The maximum absolute atomic E-state index is 8.86. The number of halogens is 2. The zero-order valence-electron chi connectivity index (χ0n) is 8.91. The fourth-order valence-corrected chi connectivity index (χ4v) is 1.77. The van der Waals surface area contributed by atoms with Crippen molar-refractivity contribution in [1.82, 2.24) is 0 Å². The standard InChI is InChI=1S/C12H11Cl2NO2/c13-8-1-4-11(14)12(5-8)15-6-9-2-3-10(7-16)17-9/h1-5,15-16H,6-7H2. The molecule has 17 heavy (non-hydrogen) atoms. The highest BCUT2D eigenvalue weighted by Gasteiger charge is 2.04. The van der Waals surface area contributed by atoms with Gasteiger partial charge in [-0.2, -0.15) is 0 Å². The van der Waals surface area contributed by atoms with Gasteiger partial charge in [-0.3, -0.25) is 0 Å². The molecule has 2 rings (SSSR count). The number of aliphatic hydroxyl groups is 1. The van der Waals surface area contributed by atoms with Gasteiger partial charge in [-0.25, -0.2) is 0 Å². The van der Waals surface area contributed by atoms with Crippen molar-refractivity contribution in [2.75, 3.05) is 5.32 Å². The molecule has 0 radical (unpaired) electrons. The Balaban J connectivity index is 2.04. The minimum absolute atomic E-state index is 0.0993. The van der Waals surface area contributed by atoms with Crippen molar-refractivity contribution in [3.05, 3.63) is 51.9 Å². The molecule has 0 saturated carbocycles. The molecule has 2 N–H and O–H groups in total. The summed E-state index contributed by atoms with van der Waals surface area (Å²) < 4.78 is 5.34. The van der Waals surface area contributed by atoms with Crippen LogP contribution in [0.4, 0.5) is 5.69 Å². The van der Waals surface area contributed by atoms with Crippen LogP contribution in [0.1, 0.15) is 11.5 Å². The van der Waals surface area contributed by atoms with E-state index in [0.717, 1.165) is 11.4 Å². The van der Waals surface area contributed by atoms with Crippen molar-refractivity contribution in [3.8, 4) is 0 Å². The van der Waals surface area contributed by atoms with Crippen LogP contribution in [0, 0.1) is 0 Å². The largest absolute Gasteiger partial charge is 0.462 e. The lowest BCUT2D eigenvalue weighted by molar-refractivity contribution is 0.244. The molecule has 0 aliphatic carbocycles. The highest BCUT2D eigenvalue weighted by Crippen LogP contribution is 2.26. The number of hydrogen-bond acceptors (Lipinski definition) is 3. The highest BCUT2D eigenvalue weighted by molar-refractivity contribution is 6.35. The molecule has 0 aliphatic heterocycles. The Morgan fingerprint density at radius 1 is 1.12 bits per heavy atom. The van der Waals surface area contributed by atoms with E-state index in [1.165, 1.54) is 0 Å². The van der Waals surface area contributed by atoms with Crippen molar-refractivity contribution in [2.24, 2.45) is 0 Å². The zero-order valence-corrected chi connectivity index (χ0v) is 10.4. The first-order valence-corrected chi connectivity index (χ1v) is 5.82. The number of aliphatic hydroxyl groups excluding tert-OH is 1. The fourth-order valence-electron chi connectivity index (χ4n) is 1.42. The van der Waals surface area contributed by atoms with Gasteiger partial charge in [-0.1, -0.05) is 23.2 Å². The molecule has 0 spiro atoms. The average Bonchev–Trinajstić information content (AvgIpc) is 2.78. The molecule has 2 aromatic rings. The van der Waals surface area contributed by atoms with Gasteiger partial charge in [0.2, 0.25) is 0 Å². The van der Waals surface area contributed by atoms with Crippen LogP contribution in [-0.2, 0) is 13.2 Å². The molecule has 1 aromatic heterocycles. The number of benzene rings is 1. The van der Waals surface area contributed by atoms with E-state index in [9.17, 15) is 0 Å². The Labute approximate surface area is 109 Å². The summed E-state index contributed by atoms with van der Waals surface area (Å²) in [5, 5.41) is 13.2. The summed E-state index contributed by atoms with van der Waals surface area (Å²) in [5.41, 5.74) is 0.751. The van der Waals surface area contributed by atoms with Gasteiger partial charge in [-0.05, 0) is 30.3 Å². The first-order chi connectivity index (χ1) is 8.19. The summed E-state index contributed by atoms with van der Waals surface area (Å²) in [6.07, 6.45) is 0. The molecule has 0 fully saturated rings. The third-order valence-electron chi connectivity index (χ3n) is 2.25. The van der Waals surface area contributed by atoms with Crippen molar-refractivity contribution < 1.29 is 9.52 Å². The topological polar surface area (TPSA) is 45.4 Å². The summed E-state index contributed by atoms with van der Waals surface area (Å²) in [6, 6.07) is 8.74. The molecule has 0 amide bonds. The Morgan fingerprint density at radius 2 is 1.88 bits per heavy atom. The van der Waals surface area contributed by atoms with E-state index in [0.29, 0.717) is 22.4 Å². The molecule has 0 aliphatic rings. The molecule has 0 saturated heterocycles. The van der Waals surface area contributed by atoms with Gasteiger partial charge in [-0.15, -0.1) is 0 Å². The number of nitrogens with one attached hydrogen (secondary N) is 1. The van der Waals surface area contributed by atoms with Crippen LogP contribution in [-0.4, -0.2) is 5.11 Å². The molecule has 1 heterocycles. The Kier molecular flexibility index (Phi) is 3.94. The van der Waals surface area contributed by atoms with Crippen LogP contribution in [0.3, 0.4) is 0 Å². The van der Waals surface area contributed by atoms with Crippen LogP contribution >= 0.6 is 23.2 Å². The normalized spacial score (nSPS) is 10.5. The molecule has 5 heteroatoms. The summed E-state index contributed by atoms with van der Waals surface area (Å²) in [4.78, 5) is 0. The van der Waals surface area contributed by atoms with E-state index < -0.39 is 0 Å². The van der Waals surface area contributed by atoms with E-state index in [2.05, 4.69) is 5.32 Å². The summed E-state index contributed by atoms with van der Waals surface area (Å²) in [6.45, 7) is 0.387. The summed E-state index contributed by atoms with van der Waals surface area (Å²) in [5.74, 6) is 1.27. The molecule has 0 atom stereocenters. The highest BCUT2D eigenvalue weighted by atomic mass is 35.5. The summed E-state index contributed by atoms with van der Waals surface area (Å²) in [7, 11) is 0. The lowest BCUT2D eigenvalue weighted by Gasteiger charge is -2.07. The predicted molar refractivity (Wildman–Crippen MR) is 68.4 cm³/mol. The molecule has 0 bridgehead atoms. The number of hydrogen-bond donors (Lipinski definition) is 2. The molecule has 0 unspecified atom stereocenters. The predicted octanol–water partition coefficient (Wildman–Crippen LogP) is 3.69. The van der Waals surface area contributed by atoms with Gasteiger partial charge >= 0.3 is 0 Å². The van der Waals surface area contributed by atoms with Crippen LogP contribution in [0.5, 0.6) is 0 Å². The molecular weight excluding hydrogens is 261 g/mol. The third-order valence-corrected chi connectivity index (χ3v) is 2.82. The Bertz CT molecular complexity index is 511. The number of furan rings is 1. The molecule has 3 nitrogen and oxygen atoms in total. The lowest BCUT2D eigenvalue weighted by Crippen LogP contribution is -1.98. The second-order valence-electron chi connectivity index (χ2n) is 3.50. The SMILES string of the molecule is OCc1ccc(CNc2cc(Cl)ccc2Cl)o1. The average molecular weight is 272 g/mol. The fraction of sp³-hybridized carbons (Fsp3) is 0.167. The second-order valence-corrected chi connectivity index (χ2v) is 4.35. The van der Waals surface area contributed by atoms with E-state index >= 15 is 0 Å². The van der Waals surface area contributed by atoms with Gasteiger partial charge < -0.3 is 14.8 Å². The Morgan fingerprint density at radius 3 is 2.59 bits per heavy atom. The van der Waals surface area contributed by atoms with Crippen molar-refractivity contribution in [1.29, 1.82) is 0 Å². The van der Waals surface area contributed by atoms with Gasteiger partial charge in [0.05, 0.1) is 17.3 Å². The van der Waals surface area contributed by atoms with Gasteiger partial charge in [0.1, 0.15) is 18.1 Å². The van der Waals surface area contributed by atoms with Gasteiger partial charge in [0.25, 0.3) is 0 Å². The van der Waals surface area contributed by atoms with Crippen LogP contribution in [0.25, 0.3) is 0 Å². The maximum Gasteiger partial charge on any atom is 0.129 e. The second kappa shape index (κ2) is 5.45. The Hall–Kier alpha value is -1.16. The van der Waals surface area contributed by atoms with Gasteiger partial charge in [0, 0.05) is 5.02 Å². The van der Waals surface area contributed by atoms with E-state index in [1.807, 2.05) is 0 Å².